The van der Waals surface area contributed by atoms with Crippen molar-refractivity contribution in [3.8, 4) is 17.2 Å². The molecule has 0 aliphatic heterocycles. The Labute approximate surface area is 146 Å². The molecule has 2 aromatic carbocycles. The maximum atomic E-state index is 5.75. The highest BCUT2D eigenvalue weighted by atomic mass is 16.5. The number of allylic oxidation sites excluding steroid dienone is 2. The Kier molecular flexibility index (Phi) is 3.98. The van der Waals surface area contributed by atoms with Gasteiger partial charge in [0, 0.05) is 12.1 Å². The minimum absolute atomic E-state index is 0.415. The summed E-state index contributed by atoms with van der Waals surface area (Å²) in [7, 11) is 1.66. The Morgan fingerprint density at radius 2 is 1.96 bits per heavy atom. The van der Waals surface area contributed by atoms with Crippen molar-refractivity contribution in [1.82, 2.24) is 10.2 Å². The van der Waals surface area contributed by atoms with Crippen molar-refractivity contribution >= 4 is 11.6 Å². The van der Waals surface area contributed by atoms with Crippen LogP contribution in [0.15, 0.2) is 53.0 Å². The molecule has 0 saturated heterocycles. The predicted molar refractivity (Wildman–Crippen MR) is 97.4 cm³/mol. The highest BCUT2D eigenvalue weighted by molar-refractivity contribution is 5.75. The number of benzene rings is 2. The lowest BCUT2D eigenvalue weighted by Gasteiger charge is -2.04. The summed E-state index contributed by atoms with van der Waals surface area (Å²) in [6, 6.07) is 14.6. The van der Waals surface area contributed by atoms with Crippen molar-refractivity contribution in [2.75, 3.05) is 12.4 Å². The van der Waals surface area contributed by atoms with Crippen molar-refractivity contribution in [3.63, 3.8) is 0 Å². The molecule has 0 bridgehead atoms. The molecule has 0 unspecified atom stereocenters. The zero-order valence-electron chi connectivity index (χ0n) is 14.2. The third-order valence-corrected chi connectivity index (χ3v) is 4.44. The molecule has 1 aliphatic rings. The summed E-state index contributed by atoms with van der Waals surface area (Å²) in [5.41, 5.74) is 5.97. The average molecular weight is 333 g/mol. The molecule has 1 heterocycles. The first kappa shape index (κ1) is 15.4. The molecule has 4 rings (SSSR count). The smallest absolute Gasteiger partial charge is 0.316 e. The van der Waals surface area contributed by atoms with E-state index in [1.807, 2.05) is 30.3 Å². The van der Waals surface area contributed by atoms with E-state index in [0.717, 1.165) is 23.3 Å². The van der Waals surface area contributed by atoms with E-state index < -0.39 is 0 Å². The van der Waals surface area contributed by atoms with Crippen LogP contribution in [-0.4, -0.2) is 17.3 Å². The summed E-state index contributed by atoms with van der Waals surface area (Å²) >= 11 is 0. The Bertz CT molecular complexity index is 926. The number of methoxy groups -OCH3 is 1. The van der Waals surface area contributed by atoms with Gasteiger partial charge in [0.05, 0.1) is 7.11 Å². The summed E-state index contributed by atoms with van der Waals surface area (Å²) in [5, 5.41) is 11.4. The number of nitrogens with zero attached hydrogens (tertiary/aromatic N) is 2. The van der Waals surface area contributed by atoms with Crippen molar-refractivity contribution in [2.45, 2.75) is 19.9 Å². The van der Waals surface area contributed by atoms with Gasteiger partial charge in [-0.3, -0.25) is 0 Å². The van der Waals surface area contributed by atoms with Gasteiger partial charge in [-0.05, 0) is 59.9 Å². The average Bonchev–Trinajstić information content (AvgIpc) is 3.27. The molecule has 0 fully saturated rings. The molecule has 0 saturated carbocycles. The fourth-order valence-electron chi connectivity index (χ4n) is 2.96. The Hall–Kier alpha value is -3.08. The van der Waals surface area contributed by atoms with Crippen LogP contribution in [0.3, 0.4) is 0 Å². The van der Waals surface area contributed by atoms with Crippen LogP contribution in [0, 0.1) is 0 Å². The number of nitrogens with one attached hydrogen (secondary N) is 1. The van der Waals surface area contributed by atoms with Crippen LogP contribution >= 0.6 is 0 Å². The molecule has 1 aliphatic carbocycles. The molecule has 0 amide bonds. The van der Waals surface area contributed by atoms with E-state index in [2.05, 4.69) is 40.6 Å². The molecule has 0 atom stereocenters. The third-order valence-electron chi connectivity index (χ3n) is 4.44. The number of ether oxygens (including phenoxy) is 1. The minimum Gasteiger partial charge on any atom is -0.497 e. The van der Waals surface area contributed by atoms with Crippen LogP contribution in [0.1, 0.15) is 23.6 Å². The number of aromatic nitrogens is 2. The number of hydrogen-bond donors (Lipinski definition) is 1. The minimum atomic E-state index is 0.415. The second-order valence-electron chi connectivity index (χ2n) is 6.08. The first-order valence-electron chi connectivity index (χ1n) is 8.23. The molecule has 1 aromatic heterocycles. The van der Waals surface area contributed by atoms with E-state index in [4.69, 9.17) is 9.15 Å². The maximum absolute atomic E-state index is 5.75. The molecule has 126 valence electrons. The van der Waals surface area contributed by atoms with E-state index in [1.54, 1.807) is 7.11 Å². The van der Waals surface area contributed by atoms with Crippen LogP contribution in [0.4, 0.5) is 6.01 Å². The Balaban J connectivity index is 1.47. The monoisotopic (exact) mass is 333 g/mol. The van der Waals surface area contributed by atoms with Crippen molar-refractivity contribution in [2.24, 2.45) is 0 Å². The molecule has 0 spiro atoms. The normalized spacial score (nSPS) is 12.6. The summed E-state index contributed by atoms with van der Waals surface area (Å²) in [5.74, 6) is 1.37. The van der Waals surface area contributed by atoms with Gasteiger partial charge in [0.2, 0.25) is 5.89 Å². The highest BCUT2D eigenvalue weighted by Crippen LogP contribution is 2.31. The topological polar surface area (TPSA) is 60.2 Å². The van der Waals surface area contributed by atoms with Crippen molar-refractivity contribution in [3.05, 3.63) is 65.2 Å². The van der Waals surface area contributed by atoms with E-state index in [-0.39, 0.29) is 0 Å². The van der Waals surface area contributed by atoms with Gasteiger partial charge in [0.15, 0.2) is 0 Å². The van der Waals surface area contributed by atoms with Crippen molar-refractivity contribution in [1.29, 1.82) is 0 Å². The van der Waals surface area contributed by atoms with Crippen LogP contribution < -0.4 is 10.1 Å². The lowest BCUT2D eigenvalue weighted by molar-refractivity contribution is 0.414. The molecular formula is C20H19N3O2. The number of anilines is 1. The summed E-state index contributed by atoms with van der Waals surface area (Å²) in [6.45, 7) is 2.74. The van der Waals surface area contributed by atoms with E-state index >= 15 is 0 Å². The third kappa shape index (κ3) is 3.13. The second-order valence-corrected chi connectivity index (χ2v) is 6.08. The maximum Gasteiger partial charge on any atom is 0.316 e. The van der Waals surface area contributed by atoms with Crippen LogP contribution in [-0.2, 0) is 13.0 Å². The van der Waals surface area contributed by atoms with Crippen LogP contribution in [0.2, 0.25) is 0 Å². The van der Waals surface area contributed by atoms with Gasteiger partial charge in [0.1, 0.15) is 5.75 Å². The summed E-state index contributed by atoms with van der Waals surface area (Å²) in [6.07, 6.45) is 3.24. The molecule has 0 radical (unpaired) electrons. The van der Waals surface area contributed by atoms with Gasteiger partial charge in [0.25, 0.3) is 0 Å². The number of fused-ring (bicyclic) bond motifs is 1. The summed E-state index contributed by atoms with van der Waals surface area (Å²) < 4.78 is 10.9. The largest absolute Gasteiger partial charge is 0.497 e. The van der Waals surface area contributed by atoms with E-state index in [1.165, 1.54) is 16.7 Å². The van der Waals surface area contributed by atoms with Gasteiger partial charge in [-0.1, -0.05) is 29.4 Å². The zero-order valence-corrected chi connectivity index (χ0v) is 14.2. The Morgan fingerprint density at radius 1 is 1.12 bits per heavy atom. The summed E-state index contributed by atoms with van der Waals surface area (Å²) in [4.78, 5) is 0. The Morgan fingerprint density at radius 3 is 2.76 bits per heavy atom. The zero-order chi connectivity index (χ0) is 17.2. The van der Waals surface area contributed by atoms with Crippen LogP contribution in [0.25, 0.3) is 17.0 Å². The molecule has 25 heavy (non-hydrogen) atoms. The van der Waals surface area contributed by atoms with Gasteiger partial charge >= 0.3 is 6.01 Å². The second kappa shape index (κ2) is 6.43. The first-order chi connectivity index (χ1) is 12.2. The fourth-order valence-corrected chi connectivity index (χ4v) is 2.96. The molecule has 5 heteroatoms. The standard InChI is InChI=1S/C20H19N3O2/c1-13-3-6-15-7-8-16(11-18(13)15)19-22-23-20(25-19)21-12-14-4-9-17(24-2)10-5-14/h3-5,7-11H,6,12H2,1-2H3,(H,21,23). The quantitative estimate of drug-likeness (QED) is 0.753. The lowest BCUT2D eigenvalue weighted by atomic mass is 10.0. The number of hydrogen-bond acceptors (Lipinski definition) is 5. The molecule has 1 N–H and O–H groups in total. The fraction of sp³-hybridized carbons (Fsp3) is 0.200. The van der Waals surface area contributed by atoms with Gasteiger partial charge in [-0.15, -0.1) is 5.10 Å². The van der Waals surface area contributed by atoms with Gasteiger partial charge in [-0.25, -0.2) is 0 Å². The lowest BCUT2D eigenvalue weighted by Crippen LogP contribution is -1.99. The van der Waals surface area contributed by atoms with Crippen LogP contribution in [0.5, 0.6) is 5.75 Å². The molecule has 5 nitrogen and oxygen atoms in total. The van der Waals surface area contributed by atoms with E-state index in [0.29, 0.717) is 18.5 Å². The van der Waals surface area contributed by atoms with Gasteiger partial charge in [-0.2, -0.15) is 0 Å². The predicted octanol–water partition coefficient (Wildman–Crippen LogP) is 4.32. The number of rotatable bonds is 5. The highest BCUT2D eigenvalue weighted by Gasteiger charge is 2.14. The first-order valence-corrected chi connectivity index (χ1v) is 8.23. The SMILES string of the molecule is COc1ccc(CNc2nnc(-c3ccc4c(c3)C(C)=CC4)o2)cc1. The van der Waals surface area contributed by atoms with Gasteiger partial charge < -0.3 is 14.5 Å². The van der Waals surface area contributed by atoms with Crippen molar-refractivity contribution < 1.29 is 9.15 Å². The van der Waals surface area contributed by atoms with E-state index in [9.17, 15) is 0 Å². The molecule has 3 aromatic rings. The molecular weight excluding hydrogens is 314 g/mol.